The lowest BCUT2D eigenvalue weighted by Gasteiger charge is -2.30. The van der Waals surface area contributed by atoms with Crippen molar-refractivity contribution in [2.75, 3.05) is 57.0 Å². The van der Waals surface area contributed by atoms with Crippen LogP contribution in [0.5, 0.6) is 0 Å². The SMILES string of the molecule is CC(C)C[C@H](NC(=O)[C@H](CC(N)=O)NC(=O)[C@@H](NC(=O)[C@@H](NC(=O)[C@H](CCC(=O)O)NS(=O)(=O)c1cccc2c(NCCNC(=O)[C@H](CCC(=O)O)NC(=O)[C@@H](N)CCCNC(=N)N)cccc12)C(C)C)C(C)C)C(=O)N[C@@H](CC(=O)O)C(=O)N[C@@H](C)C(=O)N[C@@H](CCC(=O)O)C(=O)N[C@@H](Cc1ccccc1)C(=O)N[C@@H](CCCCNC(=O)c1ccc(N=Nc2ccc(N(C)C)cc2)cc1)C(=O)N[C@@H](CCCNC(=N)N)C(=O)O. The zero-order valence-corrected chi connectivity index (χ0v) is 84.9. The van der Waals surface area contributed by atoms with Gasteiger partial charge < -0.3 is 138 Å². The molecule has 0 unspecified atom stereocenters. The summed E-state index contributed by atoms with van der Waals surface area (Å²) in [4.78, 5) is 259. The number of nitrogens with zero attached hydrogens (tertiary/aromatic N) is 3. The Labute approximate surface area is 859 Å². The summed E-state index contributed by atoms with van der Waals surface area (Å²) in [6.45, 7) is 10.2. The number of nitrogens with two attached hydrogens (primary N) is 4. The molecule has 814 valence electrons. The predicted molar refractivity (Wildman–Crippen MR) is 544 cm³/mol. The highest BCUT2D eigenvalue weighted by molar-refractivity contribution is 7.89. The number of primary amides is 1. The number of azo groups is 1. The Morgan fingerprint density at radius 2 is 0.819 bits per heavy atom. The molecule has 0 heterocycles. The van der Waals surface area contributed by atoms with Crippen LogP contribution in [0.25, 0.3) is 10.8 Å². The Morgan fingerprint density at radius 3 is 1.36 bits per heavy atom. The van der Waals surface area contributed by atoms with Gasteiger partial charge >= 0.3 is 29.8 Å². The average Bonchev–Trinajstić information content (AvgIpc) is 0.772. The van der Waals surface area contributed by atoms with Crippen molar-refractivity contribution in [2.24, 2.45) is 50.9 Å². The molecule has 13 atom stereocenters. The molecule has 0 saturated carbocycles. The Bertz CT molecular complexity index is 5660. The second-order valence-electron chi connectivity index (χ2n) is 36.4. The van der Waals surface area contributed by atoms with Gasteiger partial charge in [0.25, 0.3) is 5.91 Å². The van der Waals surface area contributed by atoms with Gasteiger partial charge in [-0.15, -0.1) is 0 Å². The molecule has 0 aliphatic rings. The third kappa shape index (κ3) is 44.4. The smallest absolute Gasteiger partial charge is 0.326 e. The predicted octanol–water partition coefficient (Wildman–Crippen LogP) is -1.07. The molecule has 5 aromatic rings. The van der Waals surface area contributed by atoms with Crippen LogP contribution in [0.1, 0.15) is 167 Å². The monoisotopic (exact) mass is 2100 g/mol. The van der Waals surface area contributed by atoms with Crippen LogP contribution in [0, 0.1) is 28.6 Å². The van der Waals surface area contributed by atoms with Crippen molar-refractivity contribution < 1.29 is 125 Å². The Balaban J connectivity index is 1.29. The number of hydrogen-bond acceptors (Lipinski definition) is 28. The van der Waals surface area contributed by atoms with Gasteiger partial charge in [-0.3, -0.25) is 97.1 Å². The van der Waals surface area contributed by atoms with Gasteiger partial charge in [-0.1, -0.05) is 96.1 Å². The van der Waals surface area contributed by atoms with Crippen molar-refractivity contribution in [2.45, 2.75) is 241 Å². The van der Waals surface area contributed by atoms with Crippen molar-refractivity contribution in [1.29, 1.82) is 10.8 Å². The minimum atomic E-state index is -4.84. The van der Waals surface area contributed by atoms with Crippen molar-refractivity contribution in [3.8, 4) is 0 Å². The molecule has 0 spiro atoms. The number of guanidine groups is 2. The van der Waals surface area contributed by atoms with E-state index in [0.29, 0.717) is 34.4 Å². The van der Waals surface area contributed by atoms with E-state index >= 15 is 0 Å². The van der Waals surface area contributed by atoms with Crippen LogP contribution >= 0.6 is 0 Å². The lowest BCUT2D eigenvalue weighted by atomic mass is 9.98. The van der Waals surface area contributed by atoms with E-state index in [9.17, 15) is 125 Å². The summed E-state index contributed by atoms with van der Waals surface area (Å²) in [5.41, 5.74) is 25.3. The maximum Gasteiger partial charge on any atom is 0.326 e. The number of hydrogen-bond donors (Lipinski definition) is 28. The summed E-state index contributed by atoms with van der Waals surface area (Å²) in [5, 5.41) is 113. The summed E-state index contributed by atoms with van der Waals surface area (Å²) in [6.07, 6.45) is -6.16. The third-order valence-corrected chi connectivity index (χ3v) is 24.4. The van der Waals surface area contributed by atoms with Crippen LogP contribution < -0.4 is 118 Å². The number of carbonyl (C=O) groups excluding carboxylic acids is 14. The molecule has 14 amide bonds. The van der Waals surface area contributed by atoms with Crippen molar-refractivity contribution in [3.63, 3.8) is 0 Å². The van der Waals surface area contributed by atoms with Gasteiger partial charge in [-0.05, 0) is 162 Å². The lowest BCUT2D eigenvalue weighted by Crippen LogP contribution is -2.62. The van der Waals surface area contributed by atoms with E-state index in [1.54, 1.807) is 80.6 Å². The minimum Gasteiger partial charge on any atom is -0.481 e. The number of sulfonamides is 1. The van der Waals surface area contributed by atoms with E-state index in [4.69, 9.17) is 33.8 Å². The number of fused-ring (bicyclic) bond motifs is 1. The summed E-state index contributed by atoms with van der Waals surface area (Å²) in [6, 6.07) is 8.31. The number of aliphatic carboxylic acids is 5. The Kier molecular flexibility index (Phi) is 51.3. The van der Waals surface area contributed by atoms with Crippen molar-refractivity contribution in [3.05, 3.63) is 126 Å². The van der Waals surface area contributed by atoms with Crippen LogP contribution in [0.2, 0.25) is 0 Å². The van der Waals surface area contributed by atoms with Gasteiger partial charge in [0.05, 0.1) is 35.2 Å². The molecule has 0 saturated heterocycles. The molecule has 32 N–H and O–H groups in total. The molecule has 0 bridgehead atoms. The Hall–Kier alpha value is -16.1. The number of nitrogens with one attached hydrogen (secondary N) is 19. The number of carbonyl (C=O) groups is 19. The fourth-order valence-corrected chi connectivity index (χ4v) is 16.3. The first kappa shape index (κ1) is 123. The fraction of sp³-hybridized carbons (Fsp3) is 0.490. The summed E-state index contributed by atoms with van der Waals surface area (Å²) >= 11 is 0. The molecule has 5 rings (SSSR count). The highest BCUT2D eigenvalue weighted by atomic mass is 32.2. The molecule has 5 aromatic carbocycles. The van der Waals surface area contributed by atoms with Gasteiger partial charge in [-0.25, -0.2) is 13.2 Å². The highest BCUT2D eigenvalue weighted by Crippen LogP contribution is 2.30. The molecule has 0 aliphatic heterocycles. The quantitative estimate of drug-likeness (QED) is 0.00954. The second kappa shape index (κ2) is 62.0. The lowest BCUT2D eigenvalue weighted by molar-refractivity contribution is -0.142. The Morgan fingerprint density at radius 1 is 0.383 bits per heavy atom. The largest absolute Gasteiger partial charge is 0.481 e. The summed E-state index contributed by atoms with van der Waals surface area (Å²) in [7, 11) is -1.04. The number of carboxylic acid groups (broad SMARTS) is 5. The zero-order chi connectivity index (χ0) is 111. The number of amides is 14. The summed E-state index contributed by atoms with van der Waals surface area (Å²) < 4.78 is 31.3. The molecule has 53 heteroatoms. The van der Waals surface area contributed by atoms with E-state index in [1.807, 2.05) is 31.1 Å². The maximum atomic E-state index is 14.8. The van der Waals surface area contributed by atoms with Gasteiger partial charge in [0.1, 0.15) is 72.5 Å². The highest BCUT2D eigenvalue weighted by Gasteiger charge is 2.40. The van der Waals surface area contributed by atoms with E-state index in [2.05, 4.69) is 100 Å². The van der Waals surface area contributed by atoms with Gasteiger partial charge in [-0.2, -0.15) is 15.0 Å². The first-order chi connectivity index (χ1) is 70.2. The molecule has 0 aliphatic carbocycles. The molecule has 0 aromatic heterocycles. The van der Waals surface area contributed by atoms with E-state index in [1.165, 1.54) is 64.1 Å². The van der Waals surface area contributed by atoms with Crippen molar-refractivity contribution in [1.82, 2.24) is 84.5 Å². The van der Waals surface area contributed by atoms with Crippen LogP contribution in [0.4, 0.5) is 22.7 Å². The molecule has 149 heavy (non-hydrogen) atoms. The van der Waals surface area contributed by atoms with Gasteiger partial charge in [0.15, 0.2) is 11.9 Å². The second-order valence-corrected chi connectivity index (χ2v) is 38.1. The van der Waals surface area contributed by atoms with E-state index < -0.39 is 275 Å². The normalized spacial score (nSPS) is 13.9. The van der Waals surface area contributed by atoms with Crippen LogP contribution in [0.3, 0.4) is 0 Å². The topological polar surface area (TPSA) is 844 Å². The number of carboxylic acids is 5. The zero-order valence-electron chi connectivity index (χ0n) is 84.1. The molecule has 0 radical (unpaired) electrons. The summed E-state index contributed by atoms with van der Waals surface area (Å²) in [5.74, 6) is -25.3. The number of unbranched alkanes of at least 4 members (excludes halogenated alkanes) is 1. The number of benzene rings is 5. The molecule has 52 nitrogen and oxygen atoms in total. The maximum absolute atomic E-state index is 14.8. The number of rotatable bonds is 67. The first-order valence-electron chi connectivity index (χ1n) is 48.0. The standard InChI is InChI=1S/C96H138N26O26S/c1-51(2)47-69(113-91(142)71(49-74(98)123)116-92(143)79(52(3)4)118-93(144)80(53(5)6)117-87(138)67(38-41-77(128)129)121-149(147,148)73-27-16-21-60-61(73)22-15-25-63(60)103-45-46-105-84(135)65(36-39-75(124)125)110-83(134)62(97)23-17-43-106-95(99)100)89(140)115-72(50-78(130)131)88(139)108-54(7)81(132)109-66(37-40-76(126)127)86(137)114-70(48-55-19-11-10-12-20-55)90(141)111-64(85(136)112-68(94(145)146)26-18-44-107-96(101)102)24-13-14-42-104-82(133)56-28-30-57(31-29-56)119-120-58-32-34-59(35-33-58)122(8)9/h10-12,15-16,19-22,25,27-35,51-54,62,64-72,79-80,103,121H,13-14,17-18,23-24,26,36-50,97H2,1-9H3,(H2,98,123)(H,104,133)(H,105,135)(H,108,139)(H,109,132)(H,110,134)(H,111,141)(H,112,136)(H,113,142)(H,114,137)(H,115,140)(H,116,143)(H,117,138)(H,118,144)(H,124,125)(H,126,127)(H,128,129)(H,130,131)(H,145,146)(H4,99,100,106)(H4,101,102,107)/t54-,62-,64-,65-,66-,67-,68-,69-,70-,71-,72-,79-,80-/m0/s1. The van der Waals surface area contributed by atoms with Crippen LogP contribution in [-0.2, 0) is 103 Å². The minimum absolute atomic E-state index is 0.0203. The third-order valence-electron chi connectivity index (χ3n) is 22.8. The average molecular weight is 2100 g/mol. The van der Waals surface area contributed by atoms with Crippen molar-refractivity contribution >= 4 is 168 Å². The van der Waals surface area contributed by atoms with Gasteiger partial charge in [0, 0.05) is 100 Å². The molecular weight excluding hydrogens is 1970 g/mol. The van der Waals surface area contributed by atoms with Gasteiger partial charge in [0.2, 0.25) is 86.8 Å². The van der Waals surface area contributed by atoms with Crippen LogP contribution in [-0.4, -0.2) is 284 Å². The number of anilines is 2. The van der Waals surface area contributed by atoms with E-state index in [0.717, 1.165) is 12.6 Å². The molecule has 0 fully saturated rings. The van der Waals surface area contributed by atoms with Crippen LogP contribution in [0.15, 0.2) is 130 Å². The first-order valence-corrected chi connectivity index (χ1v) is 49.5. The van der Waals surface area contributed by atoms with E-state index in [-0.39, 0.29) is 107 Å². The fourth-order valence-electron chi connectivity index (χ4n) is 14.8. The molecular formula is C96H138N26O26S.